The number of allylic oxidation sites excluding steroid dienone is 1. The predicted molar refractivity (Wildman–Crippen MR) is 74.8 cm³/mol. The van der Waals surface area contributed by atoms with Crippen LogP contribution in [-0.4, -0.2) is 0 Å². The highest BCUT2D eigenvalue weighted by Gasteiger charge is 2.17. The maximum absolute atomic E-state index is 14.0. The molecule has 16 heavy (non-hydrogen) atoms. The van der Waals surface area contributed by atoms with E-state index in [4.69, 9.17) is 0 Å². The zero-order valence-corrected chi connectivity index (χ0v) is 11.4. The van der Waals surface area contributed by atoms with E-state index in [2.05, 4.69) is 22.6 Å². The van der Waals surface area contributed by atoms with E-state index in [1.165, 1.54) is 19.3 Å². The largest absolute Gasteiger partial charge is 0.212 e. The monoisotopic (exact) mass is 330 g/mol. The smallest absolute Gasteiger partial charge is 0.104 e. The molecule has 0 aliphatic heterocycles. The lowest BCUT2D eigenvalue weighted by molar-refractivity contribution is 0.351. The lowest BCUT2D eigenvalue weighted by Crippen LogP contribution is -2.06. The molecular formula is C14H16FI. The Morgan fingerprint density at radius 2 is 2.00 bits per heavy atom. The molecule has 0 amide bonds. The average molecular weight is 330 g/mol. The molecule has 0 radical (unpaired) electrons. The Labute approximate surface area is 110 Å². The van der Waals surface area contributed by atoms with E-state index >= 15 is 0 Å². The highest BCUT2D eigenvalue weighted by atomic mass is 127. The third kappa shape index (κ3) is 3.30. The van der Waals surface area contributed by atoms with Crippen LogP contribution in [0.1, 0.15) is 37.7 Å². The van der Waals surface area contributed by atoms with Crippen molar-refractivity contribution < 1.29 is 4.39 Å². The minimum absolute atomic E-state index is 0.0710. The van der Waals surface area contributed by atoms with E-state index in [0.717, 1.165) is 22.0 Å². The SMILES string of the molecule is F/C(=C\c1cccc(I)c1)C1CCCCC1. The van der Waals surface area contributed by atoms with Crippen molar-refractivity contribution in [1.29, 1.82) is 0 Å². The van der Waals surface area contributed by atoms with Gasteiger partial charge in [-0.3, -0.25) is 0 Å². The first-order chi connectivity index (χ1) is 7.75. The normalized spacial score (nSPS) is 18.8. The van der Waals surface area contributed by atoms with Gasteiger partial charge in [0, 0.05) is 9.49 Å². The maximum Gasteiger partial charge on any atom is 0.104 e. The molecule has 1 aromatic rings. The fourth-order valence-corrected chi connectivity index (χ4v) is 2.82. The van der Waals surface area contributed by atoms with Crippen molar-refractivity contribution in [2.75, 3.05) is 0 Å². The molecule has 0 atom stereocenters. The second kappa shape index (κ2) is 5.80. The topological polar surface area (TPSA) is 0 Å². The first kappa shape index (κ1) is 12.1. The Hall–Kier alpha value is -0.380. The van der Waals surface area contributed by atoms with Crippen molar-refractivity contribution in [3.05, 3.63) is 39.2 Å². The molecular weight excluding hydrogens is 314 g/mol. The van der Waals surface area contributed by atoms with Crippen LogP contribution in [0.5, 0.6) is 0 Å². The number of hydrogen-bond acceptors (Lipinski definition) is 0. The predicted octanol–water partition coefficient (Wildman–Crippen LogP) is 5.18. The van der Waals surface area contributed by atoms with Gasteiger partial charge >= 0.3 is 0 Å². The third-order valence-corrected chi connectivity index (χ3v) is 3.82. The van der Waals surface area contributed by atoms with Crippen molar-refractivity contribution in [2.45, 2.75) is 32.1 Å². The Balaban J connectivity index is 2.10. The summed E-state index contributed by atoms with van der Waals surface area (Å²) >= 11 is 2.25. The first-order valence-corrected chi connectivity index (χ1v) is 6.96. The summed E-state index contributed by atoms with van der Waals surface area (Å²) in [5, 5.41) is 0. The summed E-state index contributed by atoms with van der Waals surface area (Å²) in [6.45, 7) is 0. The number of rotatable bonds is 2. The molecule has 1 fully saturated rings. The van der Waals surface area contributed by atoms with E-state index < -0.39 is 0 Å². The molecule has 1 saturated carbocycles. The second-order valence-electron chi connectivity index (χ2n) is 4.42. The maximum atomic E-state index is 14.0. The third-order valence-electron chi connectivity index (χ3n) is 3.15. The van der Waals surface area contributed by atoms with Crippen LogP contribution in [0.4, 0.5) is 4.39 Å². The minimum Gasteiger partial charge on any atom is -0.212 e. The molecule has 0 N–H and O–H groups in total. The lowest BCUT2D eigenvalue weighted by Gasteiger charge is -2.19. The van der Waals surface area contributed by atoms with Crippen LogP contribution in [-0.2, 0) is 0 Å². The Kier molecular flexibility index (Phi) is 4.38. The van der Waals surface area contributed by atoms with E-state index in [0.29, 0.717) is 0 Å². The van der Waals surface area contributed by atoms with E-state index in [1.807, 2.05) is 24.3 Å². The van der Waals surface area contributed by atoms with E-state index in [9.17, 15) is 4.39 Å². The summed E-state index contributed by atoms with van der Waals surface area (Å²) < 4.78 is 15.1. The summed E-state index contributed by atoms with van der Waals surface area (Å²) in [6.07, 6.45) is 7.38. The lowest BCUT2D eigenvalue weighted by atomic mass is 9.88. The van der Waals surface area contributed by atoms with Crippen LogP contribution < -0.4 is 0 Å². The van der Waals surface area contributed by atoms with Crippen molar-refractivity contribution >= 4 is 28.7 Å². The van der Waals surface area contributed by atoms with Crippen LogP contribution in [0, 0.1) is 9.49 Å². The van der Waals surface area contributed by atoms with Gasteiger partial charge in [0.15, 0.2) is 0 Å². The molecule has 0 heterocycles. The average Bonchev–Trinajstić information content (AvgIpc) is 2.30. The van der Waals surface area contributed by atoms with Gasteiger partial charge in [0.05, 0.1) is 0 Å². The molecule has 2 heteroatoms. The Morgan fingerprint density at radius 3 is 2.69 bits per heavy atom. The minimum atomic E-state index is 0.0710. The van der Waals surface area contributed by atoms with Crippen LogP contribution in [0.25, 0.3) is 6.08 Å². The quantitative estimate of drug-likeness (QED) is 0.655. The van der Waals surface area contributed by atoms with Gasteiger partial charge in [0.1, 0.15) is 5.83 Å². The van der Waals surface area contributed by atoms with Gasteiger partial charge in [-0.1, -0.05) is 31.4 Å². The standard InChI is InChI=1S/C14H16FI/c15-14(12-6-2-1-3-7-12)10-11-5-4-8-13(16)9-11/h4-5,8-10,12H,1-3,6-7H2/b14-10-. The molecule has 86 valence electrons. The van der Waals surface area contributed by atoms with Crippen molar-refractivity contribution in [2.24, 2.45) is 5.92 Å². The molecule has 0 saturated heterocycles. The van der Waals surface area contributed by atoms with Crippen LogP contribution in [0.15, 0.2) is 30.1 Å². The Bertz CT molecular complexity index is 378. The fraction of sp³-hybridized carbons (Fsp3) is 0.429. The fourth-order valence-electron chi connectivity index (χ4n) is 2.25. The molecule has 1 aliphatic carbocycles. The van der Waals surface area contributed by atoms with Crippen molar-refractivity contribution in [1.82, 2.24) is 0 Å². The van der Waals surface area contributed by atoms with E-state index in [-0.39, 0.29) is 11.7 Å². The molecule has 0 bridgehead atoms. The van der Waals surface area contributed by atoms with Gasteiger partial charge in [-0.05, 0) is 59.2 Å². The number of benzene rings is 1. The van der Waals surface area contributed by atoms with Crippen LogP contribution >= 0.6 is 22.6 Å². The summed E-state index contributed by atoms with van der Waals surface area (Å²) in [7, 11) is 0. The van der Waals surface area contributed by atoms with Gasteiger partial charge in [-0.2, -0.15) is 0 Å². The van der Waals surface area contributed by atoms with E-state index in [1.54, 1.807) is 6.08 Å². The highest BCUT2D eigenvalue weighted by Crippen LogP contribution is 2.31. The molecule has 0 nitrogen and oxygen atoms in total. The van der Waals surface area contributed by atoms with Crippen LogP contribution in [0.3, 0.4) is 0 Å². The number of halogens is 2. The zero-order valence-electron chi connectivity index (χ0n) is 9.26. The molecule has 0 unspecified atom stereocenters. The molecule has 0 spiro atoms. The zero-order chi connectivity index (χ0) is 11.4. The Morgan fingerprint density at radius 1 is 1.25 bits per heavy atom. The highest BCUT2D eigenvalue weighted by molar-refractivity contribution is 14.1. The molecule has 1 aliphatic rings. The summed E-state index contributed by atoms with van der Waals surface area (Å²) in [5.74, 6) is 0.244. The van der Waals surface area contributed by atoms with Gasteiger partial charge in [-0.15, -0.1) is 0 Å². The second-order valence-corrected chi connectivity index (χ2v) is 5.66. The van der Waals surface area contributed by atoms with Gasteiger partial charge in [-0.25, -0.2) is 4.39 Å². The molecule has 1 aromatic carbocycles. The summed E-state index contributed by atoms with van der Waals surface area (Å²) in [5.41, 5.74) is 0.981. The van der Waals surface area contributed by atoms with Gasteiger partial charge in [0.25, 0.3) is 0 Å². The van der Waals surface area contributed by atoms with Crippen molar-refractivity contribution in [3.8, 4) is 0 Å². The molecule has 0 aromatic heterocycles. The van der Waals surface area contributed by atoms with Gasteiger partial charge < -0.3 is 0 Å². The van der Waals surface area contributed by atoms with Crippen LogP contribution in [0.2, 0.25) is 0 Å². The van der Waals surface area contributed by atoms with Crippen molar-refractivity contribution in [3.63, 3.8) is 0 Å². The number of hydrogen-bond donors (Lipinski definition) is 0. The van der Waals surface area contributed by atoms with Gasteiger partial charge in [0.2, 0.25) is 0 Å². The summed E-state index contributed by atoms with van der Waals surface area (Å²) in [4.78, 5) is 0. The molecule has 2 rings (SSSR count). The first-order valence-electron chi connectivity index (χ1n) is 5.88. The summed E-state index contributed by atoms with van der Waals surface area (Å²) in [6, 6.07) is 7.98.